The van der Waals surface area contributed by atoms with Crippen LogP contribution in [0.2, 0.25) is 10.0 Å². The van der Waals surface area contributed by atoms with E-state index in [2.05, 4.69) is 10.5 Å². The van der Waals surface area contributed by atoms with Gasteiger partial charge < -0.3 is 10.5 Å². The first-order valence-electron chi connectivity index (χ1n) is 7.09. The number of rotatable bonds is 5. The van der Waals surface area contributed by atoms with Gasteiger partial charge >= 0.3 is 6.18 Å². The number of benzene rings is 2. The van der Waals surface area contributed by atoms with Crippen LogP contribution in [0.25, 0.3) is 0 Å². The molecule has 11 heteroatoms. The number of alkyl halides is 3. The molecule has 2 aromatic carbocycles. The second-order valence-electron chi connectivity index (χ2n) is 5.01. The van der Waals surface area contributed by atoms with Crippen LogP contribution >= 0.6 is 35.6 Å². The molecule has 0 unspecified atom stereocenters. The molecule has 2 rings (SSSR count). The Morgan fingerprint density at radius 1 is 1.19 bits per heavy atom. The minimum Gasteiger partial charge on any atom is -0.487 e. The topological polar surface area (TPSA) is 83.5 Å². The molecule has 0 aliphatic rings. The van der Waals surface area contributed by atoms with Crippen LogP contribution in [0, 0.1) is 5.41 Å². The quantitative estimate of drug-likeness (QED) is 0.353. The highest BCUT2D eigenvalue weighted by Crippen LogP contribution is 2.37. The molecule has 27 heavy (non-hydrogen) atoms. The Balaban J connectivity index is 0.00000364. The predicted molar refractivity (Wildman–Crippen MR) is 102 cm³/mol. The molecule has 0 aliphatic carbocycles. The van der Waals surface area contributed by atoms with Gasteiger partial charge in [0.25, 0.3) is 0 Å². The van der Waals surface area contributed by atoms with Gasteiger partial charge in [-0.2, -0.15) is 18.3 Å². The Hall–Kier alpha value is -2.16. The van der Waals surface area contributed by atoms with Gasteiger partial charge in [0, 0.05) is 11.1 Å². The zero-order valence-electron chi connectivity index (χ0n) is 13.5. The van der Waals surface area contributed by atoms with E-state index in [4.69, 9.17) is 39.1 Å². The number of nitrogens with one attached hydrogen (secondary N) is 2. The Morgan fingerprint density at radius 3 is 2.48 bits per heavy atom. The minimum atomic E-state index is -4.55. The SMILES string of the molecule is Cl.N=C(N)NN=Cc1cccc(OCc2cccc(C(F)(F)F)c2Cl)c1Cl. The summed E-state index contributed by atoms with van der Waals surface area (Å²) in [6.07, 6.45) is -3.22. The summed E-state index contributed by atoms with van der Waals surface area (Å²) in [5.41, 5.74) is 7.05. The maximum atomic E-state index is 12.9. The first-order valence-corrected chi connectivity index (χ1v) is 7.84. The molecule has 0 radical (unpaired) electrons. The largest absolute Gasteiger partial charge is 0.487 e. The lowest BCUT2D eigenvalue weighted by molar-refractivity contribution is -0.137. The van der Waals surface area contributed by atoms with E-state index < -0.39 is 16.8 Å². The van der Waals surface area contributed by atoms with Crippen LogP contribution < -0.4 is 15.9 Å². The summed E-state index contributed by atoms with van der Waals surface area (Å²) in [6.45, 7) is -0.200. The van der Waals surface area contributed by atoms with Gasteiger partial charge in [-0.25, -0.2) is 5.43 Å². The van der Waals surface area contributed by atoms with Crippen molar-refractivity contribution in [1.82, 2.24) is 5.43 Å². The van der Waals surface area contributed by atoms with Gasteiger partial charge in [0.15, 0.2) is 0 Å². The van der Waals surface area contributed by atoms with Crippen LogP contribution in [0.5, 0.6) is 5.75 Å². The van der Waals surface area contributed by atoms with Crippen molar-refractivity contribution >= 4 is 47.8 Å². The van der Waals surface area contributed by atoms with Crippen molar-refractivity contribution in [2.75, 3.05) is 0 Å². The molecule has 146 valence electrons. The van der Waals surface area contributed by atoms with Gasteiger partial charge in [-0.1, -0.05) is 47.5 Å². The molecule has 0 fully saturated rings. The Labute approximate surface area is 169 Å². The highest BCUT2D eigenvalue weighted by molar-refractivity contribution is 6.34. The van der Waals surface area contributed by atoms with E-state index in [0.29, 0.717) is 5.56 Å². The number of guanidine groups is 1. The van der Waals surface area contributed by atoms with Crippen molar-refractivity contribution < 1.29 is 17.9 Å². The predicted octanol–water partition coefficient (Wildman–Crippen LogP) is 4.83. The van der Waals surface area contributed by atoms with Crippen LogP contribution in [-0.4, -0.2) is 12.2 Å². The van der Waals surface area contributed by atoms with E-state index >= 15 is 0 Å². The first kappa shape index (κ1) is 22.9. The number of hydrogen-bond donors (Lipinski definition) is 3. The Bertz CT molecular complexity index is 844. The maximum absolute atomic E-state index is 12.9. The molecule has 4 N–H and O–H groups in total. The van der Waals surface area contributed by atoms with E-state index in [-0.39, 0.29) is 41.3 Å². The van der Waals surface area contributed by atoms with Crippen LogP contribution in [0.15, 0.2) is 41.5 Å². The standard InChI is InChI=1S/C16H13Cl2F3N4O.ClH/c17-13-10(4-1-5-11(13)16(19,20)21)8-26-12-6-2-3-9(14(12)18)7-24-25-15(22)23;/h1-7H,8H2,(H4,22,23,25);1H. The van der Waals surface area contributed by atoms with Crippen molar-refractivity contribution in [3.8, 4) is 5.75 Å². The number of halogens is 6. The van der Waals surface area contributed by atoms with E-state index in [0.717, 1.165) is 6.07 Å². The summed E-state index contributed by atoms with van der Waals surface area (Å²) in [6, 6.07) is 8.42. The van der Waals surface area contributed by atoms with Crippen molar-refractivity contribution in [1.29, 1.82) is 5.41 Å². The lowest BCUT2D eigenvalue weighted by atomic mass is 10.1. The minimum absolute atomic E-state index is 0. The molecule has 0 heterocycles. The van der Waals surface area contributed by atoms with Crippen molar-refractivity contribution in [3.05, 3.63) is 63.1 Å². The van der Waals surface area contributed by atoms with E-state index in [1.807, 2.05) is 0 Å². The average molecular weight is 442 g/mol. The fourth-order valence-electron chi connectivity index (χ4n) is 1.98. The maximum Gasteiger partial charge on any atom is 0.417 e. The normalized spacial score (nSPS) is 11.1. The second kappa shape index (κ2) is 9.68. The lowest BCUT2D eigenvalue weighted by Gasteiger charge is -2.14. The summed E-state index contributed by atoms with van der Waals surface area (Å²) in [4.78, 5) is 0. The molecule has 2 aromatic rings. The Kier molecular flexibility index (Phi) is 8.20. The van der Waals surface area contributed by atoms with Gasteiger partial charge in [0.1, 0.15) is 12.4 Å². The number of nitrogens with two attached hydrogens (primary N) is 1. The molecule has 0 saturated carbocycles. The molecule has 0 spiro atoms. The van der Waals surface area contributed by atoms with E-state index in [1.165, 1.54) is 18.3 Å². The fourth-order valence-corrected chi connectivity index (χ4v) is 2.49. The third-order valence-corrected chi connectivity index (χ3v) is 4.00. The molecule has 0 amide bonds. The smallest absolute Gasteiger partial charge is 0.417 e. The lowest BCUT2D eigenvalue weighted by Crippen LogP contribution is -2.25. The Morgan fingerprint density at radius 2 is 1.85 bits per heavy atom. The van der Waals surface area contributed by atoms with Crippen LogP contribution in [-0.2, 0) is 12.8 Å². The summed E-state index contributed by atoms with van der Waals surface area (Å²) in [5.74, 6) is -0.101. The molecule has 0 aromatic heterocycles. The van der Waals surface area contributed by atoms with Gasteiger partial charge in [-0.3, -0.25) is 5.41 Å². The molecular weight excluding hydrogens is 428 g/mol. The summed E-state index contributed by atoms with van der Waals surface area (Å²) in [7, 11) is 0. The van der Waals surface area contributed by atoms with Gasteiger partial charge in [-0.05, 0) is 12.1 Å². The van der Waals surface area contributed by atoms with Crippen LogP contribution in [0.3, 0.4) is 0 Å². The van der Waals surface area contributed by atoms with Gasteiger partial charge in [0.2, 0.25) is 5.96 Å². The van der Waals surface area contributed by atoms with E-state index in [1.54, 1.807) is 18.2 Å². The zero-order chi connectivity index (χ0) is 19.3. The summed E-state index contributed by atoms with van der Waals surface area (Å²) in [5, 5.41) is 10.5. The first-order chi connectivity index (χ1) is 12.2. The van der Waals surface area contributed by atoms with Gasteiger partial charge in [-0.15, -0.1) is 12.4 Å². The van der Waals surface area contributed by atoms with Gasteiger partial charge in [0.05, 0.1) is 21.8 Å². The number of ether oxygens (including phenoxy) is 1. The second-order valence-corrected chi connectivity index (χ2v) is 5.76. The molecule has 0 atom stereocenters. The third kappa shape index (κ3) is 6.20. The monoisotopic (exact) mass is 440 g/mol. The number of nitrogens with zero attached hydrogens (tertiary/aromatic N) is 1. The summed E-state index contributed by atoms with van der Waals surface area (Å²) >= 11 is 12.0. The molecule has 5 nitrogen and oxygen atoms in total. The molecule has 0 saturated heterocycles. The number of hydrogen-bond acceptors (Lipinski definition) is 3. The van der Waals surface area contributed by atoms with E-state index in [9.17, 15) is 13.2 Å². The van der Waals surface area contributed by atoms with Crippen molar-refractivity contribution in [2.45, 2.75) is 12.8 Å². The average Bonchev–Trinajstić information content (AvgIpc) is 2.55. The molecule has 0 aliphatic heterocycles. The zero-order valence-corrected chi connectivity index (χ0v) is 15.8. The fraction of sp³-hybridized carbons (Fsp3) is 0.125. The third-order valence-electron chi connectivity index (χ3n) is 3.15. The van der Waals surface area contributed by atoms with Crippen LogP contribution in [0.4, 0.5) is 13.2 Å². The molecule has 0 bridgehead atoms. The van der Waals surface area contributed by atoms with Crippen molar-refractivity contribution in [2.24, 2.45) is 10.8 Å². The number of hydrazone groups is 1. The molecular formula is C16H14Cl3F3N4O. The van der Waals surface area contributed by atoms with Crippen LogP contribution in [0.1, 0.15) is 16.7 Å². The summed E-state index contributed by atoms with van der Waals surface area (Å²) < 4.78 is 44.2. The highest BCUT2D eigenvalue weighted by Gasteiger charge is 2.33. The van der Waals surface area contributed by atoms with Crippen molar-refractivity contribution in [3.63, 3.8) is 0 Å². The highest BCUT2D eigenvalue weighted by atomic mass is 35.5.